The molecular formula is C17H18Cl2FN5O4S. The normalized spacial score (nSPS) is 19.3. The Bertz CT molecular complexity index is 995. The van der Waals surface area contributed by atoms with Crippen LogP contribution in [0.15, 0.2) is 5.16 Å². The van der Waals surface area contributed by atoms with Crippen LogP contribution < -0.4 is 10.2 Å². The number of aromatic carboxylic acids is 1. The quantitative estimate of drug-likeness (QED) is 0.434. The number of rotatable bonds is 6. The van der Waals surface area contributed by atoms with Gasteiger partial charge in [-0.3, -0.25) is 4.79 Å². The molecule has 0 unspecified atom stereocenters. The van der Waals surface area contributed by atoms with Gasteiger partial charge in [0.2, 0.25) is 0 Å². The van der Waals surface area contributed by atoms with E-state index in [0.29, 0.717) is 28.7 Å². The van der Waals surface area contributed by atoms with Gasteiger partial charge in [-0.05, 0) is 13.3 Å². The minimum atomic E-state index is -1.40. The number of oxime groups is 1. The third-order valence-corrected chi connectivity index (χ3v) is 6.53. The number of thiazole rings is 1. The first-order valence-electron chi connectivity index (χ1n) is 8.77. The number of carboxylic acid groups (broad SMARTS) is 1. The Kier molecular flexibility index (Phi) is 6.84. The lowest BCUT2D eigenvalue weighted by molar-refractivity contribution is 0.0690. The van der Waals surface area contributed by atoms with E-state index >= 15 is 0 Å². The molecule has 3 N–H and O–H groups in total. The van der Waals surface area contributed by atoms with Crippen molar-refractivity contribution < 1.29 is 23.9 Å². The number of nitrogens with one attached hydrogen (secondary N) is 2. The van der Waals surface area contributed by atoms with Gasteiger partial charge in [-0.1, -0.05) is 39.7 Å². The molecule has 1 fully saturated rings. The minimum absolute atomic E-state index is 0.0589. The zero-order valence-corrected chi connectivity index (χ0v) is 18.2. The van der Waals surface area contributed by atoms with Crippen molar-refractivity contribution in [3.63, 3.8) is 0 Å². The summed E-state index contributed by atoms with van der Waals surface area (Å²) in [5.41, 5.74) is 0.446. The van der Waals surface area contributed by atoms with Crippen LogP contribution in [-0.2, 0) is 4.84 Å². The van der Waals surface area contributed by atoms with Gasteiger partial charge < -0.3 is 25.1 Å². The second-order valence-corrected chi connectivity index (χ2v) is 8.28. The molecule has 3 heterocycles. The van der Waals surface area contributed by atoms with Gasteiger partial charge in [0.1, 0.15) is 19.0 Å². The summed E-state index contributed by atoms with van der Waals surface area (Å²) < 4.78 is 14.8. The van der Waals surface area contributed by atoms with Crippen molar-refractivity contribution in [2.24, 2.45) is 5.16 Å². The standard InChI is InChI=1S/C17H18Cl2FN5O4S/c1-7-11(18)12(19)14(22-7)15(26)23-9-3-4-25(6-8(9)20)17-24-13(16(27)28)10(30-17)5-21-29-2/h5,8-9,22H,3-4,6H2,1-2H3,(H,23,26)(H,27,28)/b21-5+/t8-,9+/m0/s1. The van der Waals surface area contributed by atoms with Crippen LogP contribution in [0.4, 0.5) is 9.52 Å². The molecule has 2 aromatic rings. The number of aromatic nitrogens is 2. The predicted molar refractivity (Wildman–Crippen MR) is 112 cm³/mol. The summed E-state index contributed by atoms with van der Waals surface area (Å²) in [7, 11) is 1.33. The number of amides is 1. The van der Waals surface area contributed by atoms with E-state index in [2.05, 4.69) is 25.3 Å². The van der Waals surface area contributed by atoms with Crippen LogP contribution in [-0.4, -0.2) is 65.6 Å². The fraction of sp³-hybridized carbons (Fsp3) is 0.412. The predicted octanol–water partition coefficient (Wildman–Crippen LogP) is 3.11. The fourth-order valence-corrected chi connectivity index (χ4v) is 4.38. The number of aromatic amines is 1. The minimum Gasteiger partial charge on any atom is -0.476 e. The van der Waals surface area contributed by atoms with Gasteiger partial charge in [0.15, 0.2) is 10.8 Å². The Morgan fingerprint density at radius 1 is 1.47 bits per heavy atom. The number of hydrogen-bond acceptors (Lipinski definition) is 7. The number of hydrogen-bond donors (Lipinski definition) is 3. The smallest absolute Gasteiger partial charge is 0.356 e. The Hall–Kier alpha value is -2.37. The van der Waals surface area contributed by atoms with E-state index in [4.69, 9.17) is 23.2 Å². The lowest BCUT2D eigenvalue weighted by Crippen LogP contribution is -2.52. The summed E-state index contributed by atoms with van der Waals surface area (Å²) in [6, 6.07) is -0.736. The summed E-state index contributed by atoms with van der Waals surface area (Å²) in [5, 5.41) is 16.2. The van der Waals surface area contributed by atoms with Crippen LogP contribution in [0.25, 0.3) is 0 Å². The average molecular weight is 478 g/mol. The molecule has 0 radical (unpaired) electrons. The van der Waals surface area contributed by atoms with Gasteiger partial charge in [-0.2, -0.15) is 0 Å². The van der Waals surface area contributed by atoms with Crippen LogP contribution in [0.2, 0.25) is 10.0 Å². The van der Waals surface area contributed by atoms with Gasteiger partial charge in [0.05, 0.1) is 33.7 Å². The maximum absolute atomic E-state index is 14.8. The number of carboxylic acids is 1. The zero-order chi connectivity index (χ0) is 22.0. The van der Waals surface area contributed by atoms with E-state index in [9.17, 15) is 19.1 Å². The number of carbonyl (C=O) groups is 2. The van der Waals surface area contributed by atoms with Crippen molar-refractivity contribution in [1.82, 2.24) is 15.3 Å². The van der Waals surface area contributed by atoms with E-state index in [0.717, 1.165) is 11.3 Å². The number of H-pyrrole nitrogens is 1. The molecule has 1 aliphatic rings. The number of aryl methyl sites for hydroxylation is 1. The van der Waals surface area contributed by atoms with Crippen molar-refractivity contribution in [2.75, 3.05) is 25.1 Å². The molecule has 30 heavy (non-hydrogen) atoms. The van der Waals surface area contributed by atoms with Crippen LogP contribution in [0.1, 0.15) is 38.0 Å². The highest BCUT2D eigenvalue weighted by Gasteiger charge is 2.33. The van der Waals surface area contributed by atoms with Crippen molar-refractivity contribution in [3.8, 4) is 0 Å². The molecular weight excluding hydrogens is 460 g/mol. The number of alkyl halides is 1. The molecule has 162 valence electrons. The molecule has 0 aliphatic carbocycles. The summed E-state index contributed by atoms with van der Waals surface area (Å²) in [6.07, 6.45) is 0.139. The lowest BCUT2D eigenvalue weighted by atomic mass is 10.0. The van der Waals surface area contributed by atoms with E-state index in [1.165, 1.54) is 13.3 Å². The third kappa shape index (κ3) is 4.52. The van der Waals surface area contributed by atoms with Gasteiger partial charge in [-0.15, -0.1) is 0 Å². The first-order chi connectivity index (χ1) is 14.2. The van der Waals surface area contributed by atoms with Crippen molar-refractivity contribution in [1.29, 1.82) is 0 Å². The summed E-state index contributed by atoms with van der Waals surface area (Å²) in [6.45, 7) is 1.99. The number of nitrogens with zero attached hydrogens (tertiary/aromatic N) is 3. The van der Waals surface area contributed by atoms with Crippen LogP contribution >= 0.6 is 34.5 Å². The first kappa shape index (κ1) is 22.3. The highest BCUT2D eigenvalue weighted by atomic mass is 35.5. The molecule has 1 aliphatic heterocycles. The van der Waals surface area contributed by atoms with E-state index < -0.39 is 24.1 Å². The molecule has 1 amide bonds. The molecule has 0 saturated carbocycles. The Balaban J connectivity index is 1.69. The molecule has 9 nitrogen and oxygen atoms in total. The Morgan fingerprint density at radius 3 is 2.77 bits per heavy atom. The highest BCUT2D eigenvalue weighted by molar-refractivity contribution is 7.17. The Morgan fingerprint density at radius 2 is 2.20 bits per heavy atom. The fourth-order valence-electron chi connectivity index (χ4n) is 3.01. The maximum Gasteiger partial charge on any atom is 0.356 e. The van der Waals surface area contributed by atoms with Crippen molar-refractivity contribution in [3.05, 3.63) is 32.0 Å². The third-order valence-electron chi connectivity index (χ3n) is 4.53. The molecule has 2 atom stereocenters. The number of piperidine rings is 1. The lowest BCUT2D eigenvalue weighted by Gasteiger charge is -2.34. The van der Waals surface area contributed by atoms with Gasteiger partial charge >= 0.3 is 5.97 Å². The monoisotopic (exact) mass is 477 g/mol. The second-order valence-electron chi connectivity index (χ2n) is 6.52. The summed E-state index contributed by atoms with van der Waals surface area (Å²) in [4.78, 5) is 37.2. The molecule has 3 rings (SSSR count). The van der Waals surface area contributed by atoms with Crippen molar-refractivity contribution >= 4 is 57.8 Å². The number of halogens is 3. The molecule has 13 heteroatoms. The molecule has 0 bridgehead atoms. The van der Waals surface area contributed by atoms with Gasteiger partial charge in [-0.25, -0.2) is 14.2 Å². The summed E-state index contributed by atoms with van der Waals surface area (Å²) >= 11 is 13.1. The Labute approximate surface area is 184 Å². The average Bonchev–Trinajstić information content (AvgIpc) is 3.25. The van der Waals surface area contributed by atoms with Crippen LogP contribution in [0.5, 0.6) is 0 Å². The highest BCUT2D eigenvalue weighted by Crippen LogP contribution is 2.31. The number of carbonyl (C=O) groups excluding carboxylic acids is 1. The van der Waals surface area contributed by atoms with Crippen molar-refractivity contribution in [2.45, 2.75) is 25.6 Å². The van der Waals surface area contributed by atoms with Crippen LogP contribution in [0.3, 0.4) is 0 Å². The second kappa shape index (κ2) is 9.19. The van der Waals surface area contributed by atoms with E-state index in [-0.39, 0.29) is 28.0 Å². The van der Waals surface area contributed by atoms with E-state index in [1.807, 2.05) is 0 Å². The van der Waals surface area contributed by atoms with Crippen LogP contribution in [0, 0.1) is 6.92 Å². The maximum atomic E-state index is 14.8. The molecule has 1 saturated heterocycles. The molecule has 0 spiro atoms. The summed E-state index contributed by atoms with van der Waals surface area (Å²) in [5.74, 6) is -1.76. The van der Waals surface area contributed by atoms with E-state index in [1.54, 1.807) is 11.8 Å². The largest absolute Gasteiger partial charge is 0.476 e. The zero-order valence-electron chi connectivity index (χ0n) is 15.9. The molecule has 0 aromatic carbocycles. The van der Waals surface area contributed by atoms with Gasteiger partial charge in [0.25, 0.3) is 5.91 Å². The van der Waals surface area contributed by atoms with Gasteiger partial charge in [0, 0.05) is 12.2 Å². The number of anilines is 1. The molecule has 2 aromatic heterocycles. The topological polar surface area (TPSA) is 120 Å². The first-order valence-corrected chi connectivity index (χ1v) is 10.3. The SMILES string of the molecule is CO/N=C/c1sc(N2CC[C@@H](NC(=O)c3[nH]c(C)c(Cl)c3Cl)[C@@H](F)C2)nc1C(=O)O.